The minimum absolute atomic E-state index is 0.792. The molecule has 4 nitrogen and oxygen atoms in total. The van der Waals surface area contributed by atoms with Crippen molar-refractivity contribution in [3.05, 3.63) is 192 Å². The molecule has 4 heteroatoms. The highest BCUT2D eigenvalue weighted by Crippen LogP contribution is 2.33. The van der Waals surface area contributed by atoms with Crippen LogP contribution in [0.1, 0.15) is 55.5 Å². The predicted molar refractivity (Wildman–Crippen MR) is 232 cm³/mol. The van der Waals surface area contributed by atoms with Crippen molar-refractivity contribution in [1.82, 2.24) is 4.67 Å². The van der Waals surface area contributed by atoms with Gasteiger partial charge in [0.1, 0.15) is 0 Å². The van der Waals surface area contributed by atoms with Gasteiger partial charge in [-0.1, -0.05) is 123 Å². The number of fused-ring (bicyclic) bond motifs is 1. The number of rotatable bonds is 13. The van der Waals surface area contributed by atoms with Crippen LogP contribution >= 0.6 is 0 Å². The van der Waals surface area contributed by atoms with Gasteiger partial charge in [0.2, 0.25) is 0 Å². The molecule has 52 heavy (non-hydrogen) atoms. The van der Waals surface area contributed by atoms with Crippen molar-refractivity contribution >= 4 is 63.1 Å². The molecule has 0 saturated carbocycles. The first-order valence-electron chi connectivity index (χ1n) is 17.5. The van der Waals surface area contributed by atoms with Gasteiger partial charge >= 0.3 is 11.9 Å². The average molecular weight is 682 g/mol. The summed E-state index contributed by atoms with van der Waals surface area (Å²) in [5.41, 5.74) is 19.9. The Morgan fingerprint density at radius 1 is 0.904 bits per heavy atom. The van der Waals surface area contributed by atoms with Gasteiger partial charge in [0.25, 0.3) is 0 Å². The zero-order valence-electron chi connectivity index (χ0n) is 31.0. The molecule has 0 amide bonds. The lowest BCUT2D eigenvalue weighted by Crippen LogP contribution is -1.98. The van der Waals surface area contributed by atoms with Gasteiger partial charge < -0.3 is 16.5 Å². The summed E-state index contributed by atoms with van der Waals surface area (Å²) < 4.78 is 4.56. The summed E-state index contributed by atoms with van der Waals surface area (Å²) in [6, 6.07) is 27.4. The van der Waals surface area contributed by atoms with Crippen molar-refractivity contribution in [1.29, 1.82) is 5.41 Å². The Morgan fingerprint density at radius 3 is 2.37 bits per heavy atom. The van der Waals surface area contributed by atoms with Crippen molar-refractivity contribution in [2.45, 2.75) is 34.6 Å². The Labute approximate surface area is 309 Å². The smallest absolute Gasteiger partial charge is 0.335 e. The molecule has 1 heterocycles. The van der Waals surface area contributed by atoms with E-state index in [9.17, 15) is 0 Å². The monoisotopic (exact) mass is 681 g/mol. The average Bonchev–Trinajstić information content (AvgIpc) is 3.67. The fraction of sp³-hybridized carbons (Fsp3) is 0.104. The lowest BCUT2D eigenvalue weighted by atomic mass is 9.95. The van der Waals surface area contributed by atoms with Crippen LogP contribution < -0.4 is 15.7 Å². The number of nitrogens with two attached hydrogens (primary N) is 1. The molecule has 0 unspecified atom stereocenters. The molecule has 0 fully saturated rings. The molecule has 0 saturated heterocycles. The normalized spacial score (nSPS) is 13.3. The number of anilines is 2. The van der Waals surface area contributed by atoms with Gasteiger partial charge in [-0.05, 0) is 113 Å². The third-order valence-corrected chi connectivity index (χ3v) is 8.76. The molecule has 0 radical (unpaired) electrons. The van der Waals surface area contributed by atoms with Crippen LogP contribution in [0.15, 0.2) is 164 Å². The Hall–Kier alpha value is -6.48. The summed E-state index contributed by atoms with van der Waals surface area (Å²) in [5, 5.41) is 13.5. The van der Waals surface area contributed by atoms with E-state index in [4.69, 9.17) is 11.1 Å². The Balaban J connectivity index is 0.00000297. The number of hydrogen-bond donors (Lipinski definition) is 3. The molecule has 0 atom stereocenters. The summed E-state index contributed by atoms with van der Waals surface area (Å²) in [6.45, 7) is 22.5. The van der Waals surface area contributed by atoms with E-state index in [-0.39, 0.29) is 0 Å². The molecule has 4 aromatic carbocycles. The van der Waals surface area contributed by atoms with Crippen molar-refractivity contribution in [2.24, 2.45) is 5.73 Å². The highest BCUT2D eigenvalue weighted by Gasteiger charge is 2.20. The molecule has 4 N–H and O–H groups in total. The number of aryl methyl sites for hydroxylation is 1. The number of hydrogen-bond acceptors (Lipinski definition) is 3. The number of nitrogens with zero attached hydrogens (tertiary/aromatic N) is 1. The van der Waals surface area contributed by atoms with Gasteiger partial charge in [-0.3, -0.25) is 0 Å². The Kier molecular flexibility index (Phi) is 13.6. The van der Waals surface area contributed by atoms with Crippen LogP contribution in [0.3, 0.4) is 0 Å². The Morgan fingerprint density at radius 2 is 1.67 bits per heavy atom. The minimum Gasteiger partial charge on any atom is -0.404 e. The van der Waals surface area contributed by atoms with Crippen LogP contribution in [-0.4, -0.2) is 18.1 Å². The van der Waals surface area contributed by atoms with E-state index in [0.29, 0.717) is 0 Å². The van der Waals surface area contributed by atoms with Crippen LogP contribution in [0.5, 0.6) is 0 Å². The predicted octanol–water partition coefficient (Wildman–Crippen LogP) is 11.8. The number of allylic oxidation sites excluding steroid dienone is 13. The van der Waals surface area contributed by atoms with Crippen molar-refractivity contribution in [3.63, 3.8) is 0 Å². The zero-order valence-corrected chi connectivity index (χ0v) is 31.0. The van der Waals surface area contributed by atoms with Crippen LogP contribution in [0.2, 0.25) is 0 Å². The van der Waals surface area contributed by atoms with Gasteiger partial charge in [0.15, 0.2) is 0 Å². The lowest BCUT2D eigenvalue weighted by molar-refractivity contribution is 1.40. The van der Waals surface area contributed by atoms with Crippen molar-refractivity contribution in [2.75, 3.05) is 5.32 Å². The maximum absolute atomic E-state index is 7.43. The van der Waals surface area contributed by atoms with E-state index < -0.39 is 0 Å². The summed E-state index contributed by atoms with van der Waals surface area (Å²) in [6.07, 6.45) is 20.4. The molecule has 5 rings (SSSR count). The van der Waals surface area contributed by atoms with Crippen molar-refractivity contribution in [3.8, 4) is 0 Å². The minimum atomic E-state index is 0.792. The van der Waals surface area contributed by atoms with E-state index in [1.165, 1.54) is 11.6 Å². The third-order valence-electron chi connectivity index (χ3n) is 8.76. The van der Waals surface area contributed by atoms with Gasteiger partial charge in [-0.2, -0.15) is 0 Å². The maximum atomic E-state index is 7.43. The molecular weight excluding hydrogens is 633 g/mol. The zero-order chi connectivity index (χ0) is 37.6. The van der Waals surface area contributed by atoms with Crippen LogP contribution in [0.25, 0.3) is 33.6 Å². The van der Waals surface area contributed by atoms with Crippen LogP contribution in [0.4, 0.5) is 11.4 Å². The largest absolute Gasteiger partial charge is 0.404 e. The second kappa shape index (κ2) is 18.5. The quantitative estimate of drug-likeness (QED) is 0.0746. The van der Waals surface area contributed by atoms with Crippen LogP contribution in [0, 0.1) is 12.3 Å². The lowest BCUT2D eigenvalue weighted by Gasteiger charge is -2.16. The Bertz CT molecular complexity index is 2270. The highest BCUT2D eigenvalue weighted by molar-refractivity contribution is 6.27. The third kappa shape index (κ3) is 9.19. The molecule has 0 bridgehead atoms. The van der Waals surface area contributed by atoms with Gasteiger partial charge in [0, 0.05) is 35.4 Å². The summed E-state index contributed by atoms with van der Waals surface area (Å²) in [5.74, 6) is 0. The number of benzene rings is 4. The fourth-order valence-electron chi connectivity index (χ4n) is 5.88. The molecule has 4 aromatic rings. The first-order valence-corrected chi connectivity index (χ1v) is 17.5. The topological polar surface area (TPSA) is 76.0 Å². The maximum Gasteiger partial charge on any atom is 0.335 e. The van der Waals surface area contributed by atoms with Gasteiger partial charge in [0.05, 0.1) is 11.1 Å². The second-order valence-corrected chi connectivity index (χ2v) is 12.0. The number of nitrogens with one attached hydrogen (secondary N) is 2. The van der Waals surface area contributed by atoms with Crippen molar-refractivity contribution < 1.29 is 0 Å². The molecule has 260 valence electrons. The second-order valence-electron chi connectivity index (χ2n) is 12.0. The van der Waals surface area contributed by atoms with E-state index in [0.717, 1.165) is 83.7 Å². The van der Waals surface area contributed by atoms with E-state index in [2.05, 4.69) is 141 Å². The molecule has 1 aliphatic rings. The fourth-order valence-corrected chi connectivity index (χ4v) is 5.88. The molecule has 1 aliphatic heterocycles. The molecule has 0 aromatic heterocycles. The first-order chi connectivity index (χ1) is 25.3. The van der Waals surface area contributed by atoms with Gasteiger partial charge in [-0.25, -0.2) is 0 Å². The van der Waals surface area contributed by atoms with Crippen LogP contribution in [-0.2, 0) is 0 Å². The SMILES string of the molecule is C=C/C(=C\C=N)C1=[N+]=CC(c2ccc(C)c(/C=C\C(=C)c3ccc(C(/C=C(C)/C(C=C)=C/C)=C/N)cc3Nc3ccc4ccccc4c3)c2)=C1.CC. The molecular formula is C48H49N4+. The molecule has 0 spiro atoms. The summed E-state index contributed by atoms with van der Waals surface area (Å²) in [7, 11) is 0. The first kappa shape index (κ1) is 38.3. The summed E-state index contributed by atoms with van der Waals surface area (Å²) in [4.78, 5) is 0. The van der Waals surface area contributed by atoms with E-state index in [1.54, 1.807) is 18.4 Å². The van der Waals surface area contributed by atoms with Gasteiger partial charge in [-0.15, -0.1) is 0 Å². The molecule has 0 aliphatic carbocycles. The van der Waals surface area contributed by atoms with E-state index in [1.807, 2.05) is 45.2 Å². The van der Waals surface area contributed by atoms with E-state index >= 15 is 0 Å². The summed E-state index contributed by atoms with van der Waals surface area (Å²) >= 11 is 0. The highest BCUT2D eigenvalue weighted by atomic mass is 14.9. The standard InChI is InChI=1S/C46H43N4.C2H6/c1-7-34(8-2)33(6)24-41(29-48)40-19-21-44(46(27-40)50-43-20-18-36-12-10-11-13-38(36)26-43)32(5)15-16-37-25-39(17-14-31(37)4)42-28-45(49-30-42)35(9-3)22-23-47;1-2/h7-30,47,50H,1,3,5,48H2,2,4,6H3;1-2H3/q+1;/b16-15-,33-24+,34-8+,35-22+,41-29+,47-23?;.